The van der Waals surface area contributed by atoms with Crippen LogP contribution in [-0.2, 0) is 6.54 Å². The quantitative estimate of drug-likeness (QED) is 0.812. The van der Waals surface area contributed by atoms with Gasteiger partial charge in [-0.05, 0) is 36.5 Å². The first-order valence-corrected chi connectivity index (χ1v) is 7.35. The minimum absolute atomic E-state index is 0.187. The fraction of sp³-hybridized carbons (Fsp3) is 0.571. The Morgan fingerprint density at radius 3 is 2.78 bits per heavy atom. The highest BCUT2D eigenvalue weighted by Crippen LogP contribution is 2.26. The number of nitrogens with one attached hydrogen (secondary N) is 1. The van der Waals surface area contributed by atoms with Crippen LogP contribution in [0.2, 0.25) is 5.02 Å². The molecule has 1 N–H and O–H groups in total. The van der Waals surface area contributed by atoms with Crippen LogP contribution in [0.4, 0.5) is 4.39 Å². The van der Waals surface area contributed by atoms with Crippen LogP contribution < -0.4 is 5.32 Å². The molecule has 0 radical (unpaired) electrons. The monoisotopic (exact) mass is 289 g/mol. The average Bonchev–Trinajstić information content (AvgIpc) is 2.40. The molecule has 0 aromatic heterocycles. The Balaban J connectivity index is 1.91. The smallest absolute Gasteiger partial charge is 0.141 e. The SMILES string of the molecule is Fc1ccc(CNC2CCCCC2CCl)cc1Cl. The molecular weight excluding hydrogens is 272 g/mol. The Hall–Kier alpha value is -0.310. The average molecular weight is 290 g/mol. The summed E-state index contributed by atoms with van der Waals surface area (Å²) in [5.74, 6) is 0.898. The second-order valence-corrected chi connectivity index (χ2v) is 5.65. The molecule has 0 bridgehead atoms. The van der Waals surface area contributed by atoms with Gasteiger partial charge in [0.2, 0.25) is 0 Å². The van der Waals surface area contributed by atoms with Crippen LogP contribution in [0.5, 0.6) is 0 Å². The molecule has 100 valence electrons. The van der Waals surface area contributed by atoms with Crippen LogP contribution in [0.15, 0.2) is 18.2 Å². The Morgan fingerprint density at radius 1 is 1.28 bits per heavy atom. The molecule has 1 aromatic carbocycles. The van der Waals surface area contributed by atoms with E-state index in [9.17, 15) is 4.39 Å². The van der Waals surface area contributed by atoms with Gasteiger partial charge in [0.15, 0.2) is 0 Å². The minimum Gasteiger partial charge on any atom is -0.310 e. The minimum atomic E-state index is -0.364. The van der Waals surface area contributed by atoms with Crippen molar-refractivity contribution in [1.82, 2.24) is 5.32 Å². The number of hydrogen-bond donors (Lipinski definition) is 1. The molecule has 2 rings (SSSR count). The first-order valence-electron chi connectivity index (χ1n) is 6.44. The van der Waals surface area contributed by atoms with Crippen molar-refractivity contribution in [2.75, 3.05) is 5.88 Å². The third kappa shape index (κ3) is 3.59. The molecule has 0 saturated heterocycles. The van der Waals surface area contributed by atoms with E-state index in [2.05, 4.69) is 5.32 Å². The third-order valence-corrected chi connectivity index (χ3v) is 4.35. The molecule has 0 heterocycles. The lowest BCUT2D eigenvalue weighted by atomic mass is 9.85. The van der Waals surface area contributed by atoms with Crippen LogP contribution in [0.1, 0.15) is 31.2 Å². The largest absolute Gasteiger partial charge is 0.310 e. The molecule has 1 aliphatic carbocycles. The highest BCUT2D eigenvalue weighted by atomic mass is 35.5. The van der Waals surface area contributed by atoms with Gasteiger partial charge in [-0.1, -0.05) is 30.5 Å². The molecule has 1 fully saturated rings. The Morgan fingerprint density at radius 2 is 2.06 bits per heavy atom. The fourth-order valence-corrected chi connectivity index (χ4v) is 3.13. The Bertz CT molecular complexity index is 397. The number of benzene rings is 1. The summed E-state index contributed by atoms with van der Waals surface area (Å²) in [6, 6.07) is 5.34. The first-order chi connectivity index (χ1) is 8.70. The van der Waals surface area contributed by atoms with E-state index < -0.39 is 0 Å². The molecule has 1 nitrogen and oxygen atoms in total. The summed E-state index contributed by atoms with van der Waals surface area (Å²) in [5.41, 5.74) is 1.01. The number of alkyl halides is 1. The van der Waals surface area contributed by atoms with Gasteiger partial charge in [-0.3, -0.25) is 0 Å². The van der Waals surface area contributed by atoms with Gasteiger partial charge in [-0.15, -0.1) is 11.6 Å². The van der Waals surface area contributed by atoms with Gasteiger partial charge in [0.1, 0.15) is 5.82 Å². The zero-order chi connectivity index (χ0) is 13.0. The molecule has 0 aliphatic heterocycles. The molecule has 1 aromatic rings. The molecule has 2 atom stereocenters. The van der Waals surface area contributed by atoms with Gasteiger partial charge in [0.05, 0.1) is 5.02 Å². The lowest BCUT2D eigenvalue weighted by Crippen LogP contribution is -2.38. The van der Waals surface area contributed by atoms with Crippen molar-refractivity contribution < 1.29 is 4.39 Å². The van der Waals surface area contributed by atoms with E-state index in [1.165, 1.54) is 31.7 Å². The maximum absolute atomic E-state index is 13.0. The van der Waals surface area contributed by atoms with Crippen molar-refractivity contribution in [1.29, 1.82) is 0 Å². The van der Waals surface area contributed by atoms with Gasteiger partial charge < -0.3 is 5.32 Å². The molecule has 1 aliphatic rings. The van der Waals surface area contributed by atoms with E-state index in [4.69, 9.17) is 23.2 Å². The van der Waals surface area contributed by atoms with Crippen molar-refractivity contribution in [3.05, 3.63) is 34.6 Å². The standard InChI is InChI=1S/C14H18Cl2FN/c15-8-11-3-1-2-4-14(11)18-9-10-5-6-13(17)12(16)7-10/h5-7,11,14,18H,1-4,8-9H2. The summed E-state index contributed by atoms with van der Waals surface area (Å²) >= 11 is 11.8. The normalized spacial score (nSPS) is 24.2. The number of hydrogen-bond acceptors (Lipinski definition) is 1. The molecule has 0 spiro atoms. The van der Waals surface area contributed by atoms with Crippen molar-refractivity contribution in [2.45, 2.75) is 38.3 Å². The van der Waals surface area contributed by atoms with Gasteiger partial charge in [-0.25, -0.2) is 4.39 Å². The van der Waals surface area contributed by atoms with Crippen LogP contribution in [0, 0.1) is 11.7 Å². The third-order valence-electron chi connectivity index (χ3n) is 3.66. The van der Waals surface area contributed by atoms with E-state index in [1.54, 1.807) is 12.1 Å². The van der Waals surface area contributed by atoms with E-state index in [-0.39, 0.29) is 10.8 Å². The summed E-state index contributed by atoms with van der Waals surface area (Å²) in [4.78, 5) is 0. The van der Waals surface area contributed by atoms with Crippen molar-refractivity contribution in [3.63, 3.8) is 0 Å². The summed E-state index contributed by atoms with van der Waals surface area (Å²) in [5, 5.41) is 3.71. The van der Waals surface area contributed by atoms with E-state index in [0.29, 0.717) is 17.8 Å². The van der Waals surface area contributed by atoms with Crippen LogP contribution in [-0.4, -0.2) is 11.9 Å². The predicted octanol–water partition coefficient (Wildman–Crippen LogP) is 4.37. The lowest BCUT2D eigenvalue weighted by molar-refractivity contribution is 0.282. The zero-order valence-corrected chi connectivity index (χ0v) is 11.8. The van der Waals surface area contributed by atoms with Crippen LogP contribution in [0.3, 0.4) is 0 Å². The van der Waals surface area contributed by atoms with E-state index >= 15 is 0 Å². The topological polar surface area (TPSA) is 12.0 Å². The van der Waals surface area contributed by atoms with Crippen LogP contribution in [0.25, 0.3) is 0 Å². The van der Waals surface area contributed by atoms with Crippen molar-refractivity contribution >= 4 is 23.2 Å². The molecule has 2 unspecified atom stereocenters. The van der Waals surface area contributed by atoms with Gasteiger partial charge >= 0.3 is 0 Å². The second kappa shape index (κ2) is 6.74. The summed E-state index contributed by atoms with van der Waals surface area (Å²) < 4.78 is 13.0. The number of halogens is 3. The molecule has 0 amide bonds. The van der Waals surface area contributed by atoms with Crippen molar-refractivity contribution in [2.24, 2.45) is 5.92 Å². The Labute approximate surface area is 118 Å². The molecule has 18 heavy (non-hydrogen) atoms. The molecule has 4 heteroatoms. The van der Waals surface area contributed by atoms with Gasteiger partial charge in [0, 0.05) is 18.5 Å². The maximum atomic E-state index is 13.0. The van der Waals surface area contributed by atoms with Crippen molar-refractivity contribution in [3.8, 4) is 0 Å². The fourth-order valence-electron chi connectivity index (χ4n) is 2.56. The van der Waals surface area contributed by atoms with Gasteiger partial charge in [0.25, 0.3) is 0 Å². The maximum Gasteiger partial charge on any atom is 0.141 e. The zero-order valence-electron chi connectivity index (χ0n) is 10.3. The summed E-state index contributed by atoms with van der Waals surface area (Å²) in [7, 11) is 0. The number of rotatable bonds is 4. The summed E-state index contributed by atoms with van der Waals surface area (Å²) in [6.07, 6.45) is 4.91. The first kappa shape index (κ1) is 14.1. The summed E-state index contributed by atoms with van der Waals surface area (Å²) in [6.45, 7) is 0.720. The lowest BCUT2D eigenvalue weighted by Gasteiger charge is -2.31. The second-order valence-electron chi connectivity index (χ2n) is 4.93. The van der Waals surface area contributed by atoms with Crippen LogP contribution >= 0.6 is 23.2 Å². The van der Waals surface area contributed by atoms with E-state index in [0.717, 1.165) is 12.1 Å². The Kier molecular flexibility index (Phi) is 5.28. The molecular formula is C14H18Cl2FN. The highest BCUT2D eigenvalue weighted by molar-refractivity contribution is 6.30. The predicted molar refractivity (Wildman–Crippen MR) is 74.7 cm³/mol. The highest BCUT2D eigenvalue weighted by Gasteiger charge is 2.23. The van der Waals surface area contributed by atoms with E-state index in [1.807, 2.05) is 0 Å². The molecule has 1 saturated carbocycles. The van der Waals surface area contributed by atoms with Gasteiger partial charge in [-0.2, -0.15) is 0 Å².